The summed E-state index contributed by atoms with van der Waals surface area (Å²) in [5, 5.41) is 12.1. The number of para-hydroxylation sites is 1. The number of hydrogen-bond acceptors (Lipinski definition) is 2. The minimum absolute atomic E-state index is 0.0545. The van der Waals surface area contributed by atoms with Crippen molar-refractivity contribution in [2.24, 2.45) is 5.92 Å². The van der Waals surface area contributed by atoms with Crippen LogP contribution in [0.15, 0.2) is 24.3 Å². The number of urea groups is 1. The van der Waals surface area contributed by atoms with Crippen molar-refractivity contribution >= 4 is 17.7 Å². The molecule has 0 aromatic heterocycles. The Balaban J connectivity index is 1.76. The molecule has 5 heteroatoms. The van der Waals surface area contributed by atoms with Gasteiger partial charge in [0.25, 0.3) is 0 Å². The lowest BCUT2D eigenvalue weighted by atomic mass is 9.98. The Bertz CT molecular complexity index is 568. The first-order valence-corrected chi connectivity index (χ1v) is 7.45. The Hall–Kier alpha value is -2.04. The summed E-state index contributed by atoms with van der Waals surface area (Å²) in [6, 6.07) is 7.64. The predicted molar refractivity (Wildman–Crippen MR) is 79.5 cm³/mol. The van der Waals surface area contributed by atoms with Gasteiger partial charge < -0.3 is 10.4 Å². The zero-order valence-electron chi connectivity index (χ0n) is 12.1. The molecule has 2 atom stereocenters. The van der Waals surface area contributed by atoms with E-state index in [9.17, 15) is 9.59 Å². The van der Waals surface area contributed by atoms with Gasteiger partial charge in [0.15, 0.2) is 0 Å². The van der Waals surface area contributed by atoms with Crippen LogP contribution >= 0.6 is 0 Å². The van der Waals surface area contributed by atoms with Gasteiger partial charge in [0.2, 0.25) is 0 Å². The average Bonchev–Trinajstić information content (AvgIpc) is 3.23. The number of carboxylic acid groups (broad SMARTS) is 1. The van der Waals surface area contributed by atoms with Crippen LogP contribution in [0.4, 0.5) is 10.5 Å². The maximum atomic E-state index is 12.4. The quantitative estimate of drug-likeness (QED) is 0.894. The summed E-state index contributed by atoms with van der Waals surface area (Å²) >= 11 is 0. The molecule has 1 aliphatic carbocycles. The van der Waals surface area contributed by atoms with Crippen LogP contribution < -0.4 is 10.2 Å². The largest absolute Gasteiger partial charge is 0.481 e. The monoisotopic (exact) mass is 288 g/mol. The number of nitrogens with zero attached hydrogens (tertiary/aromatic N) is 1. The Kier molecular flexibility index (Phi) is 3.57. The van der Waals surface area contributed by atoms with Crippen molar-refractivity contribution < 1.29 is 14.7 Å². The molecule has 0 saturated heterocycles. The summed E-state index contributed by atoms with van der Waals surface area (Å²) in [5.41, 5.74) is 1.79. The molecule has 1 aromatic rings. The van der Waals surface area contributed by atoms with Gasteiger partial charge in [-0.15, -0.1) is 0 Å². The van der Waals surface area contributed by atoms with Crippen LogP contribution in [-0.2, 0) is 4.79 Å². The van der Waals surface area contributed by atoms with Gasteiger partial charge in [0.1, 0.15) is 0 Å². The second-order valence-corrected chi connectivity index (χ2v) is 6.04. The molecule has 1 aromatic carbocycles. The van der Waals surface area contributed by atoms with Crippen LogP contribution in [0.2, 0.25) is 0 Å². The van der Waals surface area contributed by atoms with Crippen molar-refractivity contribution in [3.63, 3.8) is 0 Å². The summed E-state index contributed by atoms with van der Waals surface area (Å²) < 4.78 is 0. The molecule has 112 valence electrons. The highest BCUT2D eigenvalue weighted by molar-refractivity contribution is 5.95. The standard InChI is InChI=1S/C16H20N2O3/c1-10(11-6-7-11)17-16(21)18-9-12(8-15(19)20)13-4-2-3-5-14(13)18/h2-5,10-12H,6-9H2,1H3,(H,17,21)(H,19,20). The lowest BCUT2D eigenvalue weighted by Crippen LogP contribution is -2.44. The summed E-state index contributed by atoms with van der Waals surface area (Å²) in [6.07, 6.45) is 2.41. The molecule has 5 nitrogen and oxygen atoms in total. The fourth-order valence-corrected chi connectivity index (χ4v) is 3.06. The first kappa shape index (κ1) is 13.9. The van der Waals surface area contributed by atoms with E-state index in [2.05, 4.69) is 5.32 Å². The molecule has 0 radical (unpaired) electrons. The lowest BCUT2D eigenvalue weighted by Gasteiger charge is -2.21. The van der Waals surface area contributed by atoms with Gasteiger partial charge in [0.05, 0.1) is 6.42 Å². The van der Waals surface area contributed by atoms with Crippen LogP contribution in [0.1, 0.15) is 37.7 Å². The van der Waals surface area contributed by atoms with Crippen LogP contribution in [-0.4, -0.2) is 29.7 Å². The van der Waals surface area contributed by atoms with Gasteiger partial charge in [0, 0.05) is 24.2 Å². The van der Waals surface area contributed by atoms with E-state index >= 15 is 0 Å². The number of anilines is 1. The van der Waals surface area contributed by atoms with E-state index in [0.717, 1.165) is 11.3 Å². The topological polar surface area (TPSA) is 69.6 Å². The maximum absolute atomic E-state index is 12.4. The van der Waals surface area contributed by atoms with Crippen LogP contribution in [0.3, 0.4) is 0 Å². The predicted octanol–water partition coefficient (Wildman–Crippen LogP) is 2.57. The van der Waals surface area contributed by atoms with E-state index in [1.54, 1.807) is 4.90 Å². The third kappa shape index (κ3) is 2.86. The first-order valence-electron chi connectivity index (χ1n) is 7.45. The number of amides is 2. The molecule has 2 aliphatic rings. The SMILES string of the molecule is CC(NC(=O)N1CC(CC(=O)O)c2ccccc21)C1CC1. The lowest BCUT2D eigenvalue weighted by molar-refractivity contribution is -0.137. The third-order valence-corrected chi connectivity index (χ3v) is 4.42. The molecule has 21 heavy (non-hydrogen) atoms. The number of carbonyl (C=O) groups is 2. The van der Waals surface area contributed by atoms with Gasteiger partial charge in [-0.05, 0) is 37.3 Å². The number of fused-ring (bicyclic) bond motifs is 1. The van der Waals surface area contributed by atoms with Gasteiger partial charge in [-0.1, -0.05) is 18.2 Å². The van der Waals surface area contributed by atoms with Crippen molar-refractivity contribution in [2.75, 3.05) is 11.4 Å². The molecular weight excluding hydrogens is 268 g/mol. The Morgan fingerprint density at radius 1 is 1.38 bits per heavy atom. The Morgan fingerprint density at radius 3 is 2.76 bits per heavy atom. The molecule has 1 heterocycles. The number of rotatable bonds is 4. The summed E-state index contributed by atoms with van der Waals surface area (Å²) in [5.74, 6) is -0.356. The van der Waals surface area contributed by atoms with Gasteiger partial charge in [-0.2, -0.15) is 0 Å². The molecule has 2 unspecified atom stereocenters. The molecule has 1 aliphatic heterocycles. The fourth-order valence-electron chi connectivity index (χ4n) is 3.06. The normalized spacial score (nSPS) is 21.8. The molecule has 2 N–H and O–H groups in total. The molecular formula is C16H20N2O3. The summed E-state index contributed by atoms with van der Waals surface area (Å²) in [4.78, 5) is 25.1. The highest BCUT2D eigenvalue weighted by Gasteiger charge is 2.35. The molecule has 1 saturated carbocycles. The minimum Gasteiger partial charge on any atom is -0.481 e. The van der Waals surface area contributed by atoms with Crippen molar-refractivity contribution in [3.05, 3.63) is 29.8 Å². The first-order chi connectivity index (χ1) is 10.1. The van der Waals surface area contributed by atoms with Gasteiger partial charge in [-0.25, -0.2) is 4.79 Å². The Morgan fingerprint density at radius 2 is 2.10 bits per heavy atom. The fraction of sp³-hybridized carbons (Fsp3) is 0.500. The van der Waals surface area contributed by atoms with Crippen LogP contribution in [0, 0.1) is 5.92 Å². The van der Waals surface area contributed by atoms with E-state index in [0.29, 0.717) is 12.5 Å². The number of aliphatic carboxylic acids is 1. The van der Waals surface area contributed by atoms with E-state index < -0.39 is 5.97 Å². The zero-order chi connectivity index (χ0) is 15.0. The molecule has 3 rings (SSSR count). The number of carbonyl (C=O) groups excluding carboxylic acids is 1. The summed E-state index contributed by atoms with van der Waals surface area (Å²) in [7, 11) is 0. The van der Waals surface area contributed by atoms with E-state index in [1.807, 2.05) is 31.2 Å². The van der Waals surface area contributed by atoms with Crippen LogP contribution in [0.25, 0.3) is 0 Å². The second kappa shape index (κ2) is 5.39. The number of nitrogens with one attached hydrogen (secondary N) is 1. The van der Waals surface area contributed by atoms with E-state index in [4.69, 9.17) is 5.11 Å². The summed E-state index contributed by atoms with van der Waals surface area (Å²) in [6.45, 7) is 2.47. The zero-order valence-corrected chi connectivity index (χ0v) is 12.1. The minimum atomic E-state index is -0.830. The number of hydrogen-bond donors (Lipinski definition) is 2. The molecule has 2 amide bonds. The second-order valence-electron chi connectivity index (χ2n) is 6.04. The molecule has 0 spiro atoms. The smallest absolute Gasteiger partial charge is 0.322 e. The Labute approximate surface area is 123 Å². The molecule has 0 bridgehead atoms. The third-order valence-electron chi connectivity index (χ3n) is 4.42. The van der Waals surface area contributed by atoms with Crippen molar-refractivity contribution in [1.82, 2.24) is 5.32 Å². The average molecular weight is 288 g/mol. The van der Waals surface area contributed by atoms with Crippen molar-refractivity contribution in [2.45, 2.75) is 38.1 Å². The van der Waals surface area contributed by atoms with Gasteiger partial charge >= 0.3 is 12.0 Å². The highest BCUT2D eigenvalue weighted by atomic mass is 16.4. The highest BCUT2D eigenvalue weighted by Crippen LogP contribution is 2.38. The van der Waals surface area contributed by atoms with Crippen LogP contribution in [0.5, 0.6) is 0 Å². The molecule has 1 fully saturated rings. The van der Waals surface area contributed by atoms with E-state index in [-0.39, 0.29) is 24.4 Å². The van der Waals surface area contributed by atoms with E-state index in [1.165, 1.54) is 12.8 Å². The van der Waals surface area contributed by atoms with Crippen molar-refractivity contribution in [1.29, 1.82) is 0 Å². The van der Waals surface area contributed by atoms with Gasteiger partial charge in [-0.3, -0.25) is 9.69 Å². The number of carboxylic acids is 1. The van der Waals surface area contributed by atoms with Crippen molar-refractivity contribution in [3.8, 4) is 0 Å². The maximum Gasteiger partial charge on any atom is 0.322 e. The number of benzene rings is 1.